The quantitative estimate of drug-likeness (QED) is 0.571. The van der Waals surface area contributed by atoms with E-state index in [2.05, 4.69) is 0 Å². The Bertz CT molecular complexity index is 203. The lowest BCUT2D eigenvalue weighted by molar-refractivity contribution is -0.0610. The first-order valence-corrected chi connectivity index (χ1v) is 6.61. The van der Waals surface area contributed by atoms with Crippen LogP contribution in [0, 0.1) is 23.2 Å². The van der Waals surface area contributed by atoms with E-state index in [1.165, 1.54) is 32.1 Å². The molecule has 2 heteroatoms. The molecule has 0 unspecified atom stereocenters. The van der Waals surface area contributed by atoms with Gasteiger partial charge in [0.2, 0.25) is 0 Å². The summed E-state index contributed by atoms with van der Waals surface area (Å²) in [4.78, 5) is 4.71. The number of hydrogen-bond donors (Lipinski definition) is 1. The van der Waals surface area contributed by atoms with Crippen LogP contribution < -0.4 is 5.90 Å². The summed E-state index contributed by atoms with van der Waals surface area (Å²) in [5, 5.41) is 0. The monoisotopic (exact) mass is 209 g/mol. The minimum Gasteiger partial charge on any atom is -0.305 e. The zero-order chi connectivity index (χ0) is 10.3. The molecule has 0 aromatic carbocycles. The van der Waals surface area contributed by atoms with Gasteiger partial charge in [-0.3, -0.25) is 0 Å². The summed E-state index contributed by atoms with van der Waals surface area (Å²) in [7, 11) is 0. The maximum Gasteiger partial charge on any atom is 0.0679 e. The third-order valence-electron chi connectivity index (χ3n) is 5.13. The van der Waals surface area contributed by atoms with Crippen molar-refractivity contribution in [3.8, 4) is 0 Å². The fourth-order valence-electron chi connectivity index (χ4n) is 5.13. The van der Waals surface area contributed by atoms with E-state index >= 15 is 0 Å². The SMILES string of the molecule is NOCCCC12CC3CC(CC(C3)C1)C2. The Morgan fingerprint density at radius 3 is 2.00 bits per heavy atom. The second-order valence-electron chi connectivity index (χ2n) is 6.39. The van der Waals surface area contributed by atoms with Crippen LogP contribution in [0.2, 0.25) is 0 Å². The molecule has 4 bridgehead atoms. The van der Waals surface area contributed by atoms with Gasteiger partial charge >= 0.3 is 0 Å². The van der Waals surface area contributed by atoms with Crippen LogP contribution in [0.5, 0.6) is 0 Å². The molecule has 0 spiro atoms. The van der Waals surface area contributed by atoms with Crippen LogP contribution in [0.3, 0.4) is 0 Å². The van der Waals surface area contributed by atoms with Gasteiger partial charge in [-0.25, -0.2) is 5.90 Å². The fourth-order valence-corrected chi connectivity index (χ4v) is 5.13. The third-order valence-corrected chi connectivity index (χ3v) is 5.13. The van der Waals surface area contributed by atoms with Crippen molar-refractivity contribution in [1.82, 2.24) is 0 Å². The molecule has 4 saturated carbocycles. The van der Waals surface area contributed by atoms with Crippen molar-refractivity contribution in [2.24, 2.45) is 29.1 Å². The maximum atomic E-state index is 5.11. The highest BCUT2D eigenvalue weighted by molar-refractivity contribution is 5.01. The molecule has 4 aliphatic rings. The second kappa shape index (κ2) is 3.74. The summed E-state index contributed by atoms with van der Waals surface area (Å²) < 4.78 is 0. The van der Waals surface area contributed by atoms with Crippen molar-refractivity contribution in [3.05, 3.63) is 0 Å². The number of hydrogen-bond acceptors (Lipinski definition) is 2. The van der Waals surface area contributed by atoms with Gasteiger partial charge in [-0.2, -0.15) is 0 Å². The van der Waals surface area contributed by atoms with Gasteiger partial charge in [0.15, 0.2) is 0 Å². The van der Waals surface area contributed by atoms with Crippen LogP contribution in [0.25, 0.3) is 0 Å². The predicted molar refractivity (Wildman–Crippen MR) is 60.0 cm³/mol. The molecule has 0 aliphatic heterocycles. The molecule has 0 heterocycles. The zero-order valence-corrected chi connectivity index (χ0v) is 9.58. The van der Waals surface area contributed by atoms with Gasteiger partial charge in [0.05, 0.1) is 6.61 Å². The largest absolute Gasteiger partial charge is 0.305 e. The van der Waals surface area contributed by atoms with Crippen LogP contribution in [0.4, 0.5) is 0 Å². The molecule has 2 nitrogen and oxygen atoms in total. The van der Waals surface area contributed by atoms with Gasteiger partial charge in [0.25, 0.3) is 0 Å². The summed E-state index contributed by atoms with van der Waals surface area (Å²) in [6.07, 6.45) is 11.7. The molecular formula is C13H23NO. The Kier molecular flexibility index (Phi) is 2.52. The summed E-state index contributed by atoms with van der Waals surface area (Å²) in [5.74, 6) is 8.34. The molecular weight excluding hydrogens is 186 g/mol. The first-order valence-electron chi connectivity index (χ1n) is 6.61. The molecule has 0 saturated heterocycles. The van der Waals surface area contributed by atoms with Crippen molar-refractivity contribution in [2.45, 2.75) is 51.4 Å². The van der Waals surface area contributed by atoms with E-state index in [1.54, 1.807) is 19.3 Å². The predicted octanol–water partition coefficient (Wildman–Crippen LogP) is 2.87. The van der Waals surface area contributed by atoms with E-state index in [0.29, 0.717) is 5.41 Å². The Morgan fingerprint density at radius 1 is 1.00 bits per heavy atom. The first kappa shape index (κ1) is 10.1. The smallest absolute Gasteiger partial charge is 0.0679 e. The van der Waals surface area contributed by atoms with Crippen molar-refractivity contribution < 1.29 is 4.84 Å². The van der Waals surface area contributed by atoms with Crippen molar-refractivity contribution in [2.75, 3.05) is 6.61 Å². The summed E-state index contributed by atoms with van der Waals surface area (Å²) in [6.45, 7) is 0.752. The van der Waals surface area contributed by atoms with Gasteiger partial charge in [-0.15, -0.1) is 0 Å². The standard InChI is InChI=1S/C13H23NO/c14-15-3-1-2-13-7-10-4-11(8-13)6-12(5-10)9-13/h10-12H,1-9,14H2. The topological polar surface area (TPSA) is 35.2 Å². The van der Waals surface area contributed by atoms with Gasteiger partial charge in [-0.1, -0.05) is 0 Å². The van der Waals surface area contributed by atoms with Crippen LogP contribution in [0.15, 0.2) is 0 Å². The number of nitrogens with two attached hydrogens (primary N) is 1. The average Bonchev–Trinajstić information content (AvgIpc) is 2.15. The first-order chi connectivity index (χ1) is 7.30. The lowest BCUT2D eigenvalue weighted by Crippen LogP contribution is -2.46. The van der Waals surface area contributed by atoms with E-state index < -0.39 is 0 Å². The van der Waals surface area contributed by atoms with E-state index in [1.807, 2.05) is 0 Å². The molecule has 86 valence electrons. The highest BCUT2D eigenvalue weighted by Gasteiger charge is 2.50. The second-order valence-corrected chi connectivity index (χ2v) is 6.39. The fraction of sp³-hybridized carbons (Fsp3) is 1.00. The molecule has 0 aromatic heterocycles. The zero-order valence-electron chi connectivity index (χ0n) is 9.58. The molecule has 4 aliphatic carbocycles. The molecule has 0 radical (unpaired) electrons. The Balaban J connectivity index is 1.65. The van der Waals surface area contributed by atoms with E-state index in [0.717, 1.165) is 24.4 Å². The molecule has 2 N–H and O–H groups in total. The maximum absolute atomic E-state index is 5.11. The minimum absolute atomic E-state index is 0.716. The average molecular weight is 209 g/mol. The van der Waals surface area contributed by atoms with Gasteiger partial charge in [-0.05, 0) is 74.5 Å². The molecule has 0 amide bonds. The van der Waals surface area contributed by atoms with E-state index in [-0.39, 0.29) is 0 Å². The van der Waals surface area contributed by atoms with E-state index in [4.69, 9.17) is 10.7 Å². The molecule has 0 atom stereocenters. The van der Waals surface area contributed by atoms with Crippen molar-refractivity contribution in [3.63, 3.8) is 0 Å². The van der Waals surface area contributed by atoms with Gasteiger partial charge in [0, 0.05) is 0 Å². The van der Waals surface area contributed by atoms with Gasteiger partial charge in [0.1, 0.15) is 0 Å². The van der Waals surface area contributed by atoms with Crippen LogP contribution >= 0.6 is 0 Å². The minimum atomic E-state index is 0.716. The van der Waals surface area contributed by atoms with Crippen molar-refractivity contribution in [1.29, 1.82) is 0 Å². The Labute approximate surface area is 92.5 Å². The molecule has 15 heavy (non-hydrogen) atoms. The number of rotatable bonds is 4. The highest BCUT2D eigenvalue weighted by atomic mass is 16.6. The molecule has 4 fully saturated rings. The Hall–Kier alpha value is -0.0800. The summed E-state index contributed by atoms with van der Waals surface area (Å²) in [6, 6.07) is 0. The van der Waals surface area contributed by atoms with E-state index in [9.17, 15) is 0 Å². The van der Waals surface area contributed by atoms with Crippen LogP contribution in [0.1, 0.15) is 51.4 Å². The van der Waals surface area contributed by atoms with Gasteiger partial charge < -0.3 is 4.84 Å². The summed E-state index contributed by atoms with van der Waals surface area (Å²) >= 11 is 0. The molecule has 4 rings (SSSR count). The Morgan fingerprint density at radius 2 is 1.53 bits per heavy atom. The summed E-state index contributed by atoms with van der Waals surface area (Å²) in [5.41, 5.74) is 0.716. The molecule has 0 aromatic rings. The lowest BCUT2D eigenvalue weighted by Gasteiger charge is -2.57. The lowest BCUT2D eigenvalue weighted by atomic mass is 9.48. The van der Waals surface area contributed by atoms with Crippen molar-refractivity contribution >= 4 is 0 Å². The highest BCUT2D eigenvalue weighted by Crippen LogP contribution is 2.61. The third kappa shape index (κ3) is 1.83. The normalized spacial score (nSPS) is 47.4. The van der Waals surface area contributed by atoms with Crippen LogP contribution in [-0.4, -0.2) is 6.61 Å². The van der Waals surface area contributed by atoms with Crippen LogP contribution in [-0.2, 0) is 4.84 Å².